The van der Waals surface area contributed by atoms with E-state index in [1.165, 1.54) is 12.8 Å². The van der Waals surface area contributed by atoms with Gasteiger partial charge in [-0.2, -0.15) is 0 Å². The van der Waals surface area contributed by atoms with E-state index in [4.69, 9.17) is 9.47 Å². The van der Waals surface area contributed by atoms with Crippen LogP contribution >= 0.6 is 0 Å². The summed E-state index contributed by atoms with van der Waals surface area (Å²) in [5, 5.41) is 3.61. The monoisotopic (exact) mass is 244 g/mol. The normalized spacial score (nSPS) is 28.2. The Balaban J connectivity index is 2.50. The molecule has 102 valence electrons. The largest absolute Gasteiger partial charge is 0.382 e. The molecular formula is C13H28N2O2. The van der Waals surface area contributed by atoms with E-state index in [0.717, 1.165) is 19.6 Å². The summed E-state index contributed by atoms with van der Waals surface area (Å²) in [5.41, 5.74) is 0. The zero-order valence-electron chi connectivity index (χ0n) is 11.7. The number of hydrogen-bond donors (Lipinski definition) is 1. The molecule has 3 unspecified atom stereocenters. The van der Waals surface area contributed by atoms with Gasteiger partial charge in [-0.1, -0.05) is 13.8 Å². The van der Waals surface area contributed by atoms with Gasteiger partial charge in [0.15, 0.2) is 0 Å². The van der Waals surface area contributed by atoms with Gasteiger partial charge in [0.05, 0.1) is 12.7 Å². The van der Waals surface area contributed by atoms with Crippen LogP contribution in [0.4, 0.5) is 0 Å². The average molecular weight is 244 g/mol. The van der Waals surface area contributed by atoms with E-state index >= 15 is 0 Å². The van der Waals surface area contributed by atoms with Crippen LogP contribution in [0.3, 0.4) is 0 Å². The van der Waals surface area contributed by atoms with Crippen LogP contribution in [0.5, 0.6) is 0 Å². The maximum absolute atomic E-state index is 5.47. The number of nitrogens with one attached hydrogen (secondary N) is 1. The molecule has 1 aliphatic heterocycles. The Morgan fingerprint density at radius 3 is 2.59 bits per heavy atom. The van der Waals surface area contributed by atoms with Crippen LogP contribution < -0.4 is 5.32 Å². The minimum atomic E-state index is 0.185. The van der Waals surface area contributed by atoms with Crippen LogP contribution in [0.2, 0.25) is 0 Å². The molecule has 1 saturated heterocycles. The second kappa shape index (κ2) is 8.03. The summed E-state index contributed by atoms with van der Waals surface area (Å²) in [4.78, 5) is 2.55. The highest BCUT2D eigenvalue weighted by atomic mass is 16.5. The molecule has 4 nitrogen and oxygen atoms in total. The first kappa shape index (κ1) is 14.9. The van der Waals surface area contributed by atoms with Gasteiger partial charge in [0.25, 0.3) is 0 Å². The van der Waals surface area contributed by atoms with E-state index < -0.39 is 0 Å². The highest BCUT2D eigenvalue weighted by Crippen LogP contribution is 2.13. The summed E-state index contributed by atoms with van der Waals surface area (Å²) in [6.07, 6.45) is 2.56. The van der Waals surface area contributed by atoms with Gasteiger partial charge in [0.2, 0.25) is 0 Å². The topological polar surface area (TPSA) is 33.7 Å². The molecule has 0 spiro atoms. The third-order valence-corrected chi connectivity index (χ3v) is 3.70. The van der Waals surface area contributed by atoms with E-state index in [2.05, 4.69) is 24.1 Å². The maximum atomic E-state index is 5.47. The average Bonchev–Trinajstić information content (AvgIpc) is 2.38. The number of nitrogens with zero attached hydrogens (tertiary/aromatic N) is 1. The molecule has 1 N–H and O–H groups in total. The fourth-order valence-corrected chi connectivity index (χ4v) is 2.47. The molecule has 1 heterocycles. The molecule has 0 bridgehead atoms. The van der Waals surface area contributed by atoms with Gasteiger partial charge in [-0.15, -0.1) is 0 Å². The van der Waals surface area contributed by atoms with E-state index in [1.54, 1.807) is 14.2 Å². The first-order valence-electron chi connectivity index (χ1n) is 6.74. The van der Waals surface area contributed by atoms with E-state index in [-0.39, 0.29) is 6.10 Å². The smallest absolute Gasteiger partial charge is 0.0931 e. The van der Waals surface area contributed by atoms with Crippen molar-refractivity contribution in [1.29, 1.82) is 0 Å². The minimum absolute atomic E-state index is 0.185. The van der Waals surface area contributed by atoms with Gasteiger partial charge in [0, 0.05) is 45.9 Å². The Hall–Kier alpha value is -0.160. The SMILES string of the molecule is CCC1CN(CC(COC)OC)C(CC)CN1. The maximum Gasteiger partial charge on any atom is 0.0931 e. The Morgan fingerprint density at radius 2 is 2.06 bits per heavy atom. The molecule has 3 atom stereocenters. The number of ether oxygens (including phenoxy) is 2. The van der Waals surface area contributed by atoms with Crippen molar-refractivity contribution >= 4 is 0 Å². The zero-order chi connectivity index (χ0) is 12.7. The predicted octanol–water partition coefficient (Wildman–Crippen LogP) is 1.11. The minimum Gasteiger partial charge on any atom is -0.382 e. The standard InChI is InChI=1S/C13H28N2O2/c1-5-11-8-15(12(6-2)7-14-11)9-13(17-4)10-16-3/h11-14H,5-10H2,1-4H3. The number of hydrogen-bond acceptors (Lipinski definition) is 4. The number of piperazine rings is 1. The first-order chi connectivity index (χ1) is 8.24. The summed E-state index contributed by atoms with van der Waals surface area (Å²) >= 11 is 0. The molecule has 0 radical (unpaired) electrons. The van der Waals surface area contributed by atoms with Gasteiger partial charge in [-0.05, 0) is 12.8 Å². The molecule has 4 heteroatoms. The zero-order valence-corrected chi connectivity index (χ0v) is 11.7. The summed E-state index contributed by atoms with van der Waals surface area (Å²) < 4.78 is 10.7. The van der Waals surface area contributed by atoms with Crippen molar-refractivity contribution in [1.82, 2.24) is 10.2 Å². The lowest BCUT2D eigenvalue weighted by atomic mass is 10.0. The van der Waals surface area contributed by atoms with Gasteiger partial charge >= 0.3 is 0 Å². The molecular weight excluding hydrogens is 216 g/mol. The van der Waals surface area contributed by atoms with Crippen LogP contribution in [0.1, 0.15) is 26.7 Å². The third-order valence-electron chi connectivity index (χ3n) is 3.70. The van der Waals surface area contributed by atoms with Gasteiger partial charge in [-0.3, -0.25) is 4.90 Å². The molecule has 1 rings (SSSR count). The van der Waals surface area contributed by atoms with Crippen LogP contribution in [0, 0.1) is 0 Å². The molecule has 1 fully saturated rings. The van der Waals surface area contributed by atoms with Crippen molar-refractivity contribution in [2.24, 2.45) is 0 Å². The van der Waals surface area contributed by atoms with E-state index in [1.807, 2.05) is 0 Å². The summed E-state index contributed by atoms with van der Waals surface area (Å²) in [6.45, 7) is 8.36. The molecule has 0 saturated carbocycles. The van der Waals surface area contributed by atoms with Crippen molar-refractivity contribution in [3.8, 4) is 0 Å². The van der Waals surface area contributed by atoms with Crippen molar-refractivity contribution < 1.29 is 9.47 Å². The third kappa shape index (κ3) is 4.54. The molecule has 1 aliphatic rings. The van der Waals surface area contributed by atoms with E-state index in [9.17, 15) is 0 Å². The molecule has 0 aromatic carbocycles. The van der Waals surface area contributed by atoms with Crippen LogP contribution in [0.15, 0.2) is 0 Å². The highest BCUT2D eigenvalue weighted by molar-refractivity contribution is 4.86. The summed E-state index contributed by atoms with van der Waals surface area (Å²) in [6, 6.07) is 1.25. The molecule has 0 aromatic rings. The number of rotatable bonds is 7. The van der Waals surface area contributed by atoms with Crippen molar-refractivity contribution in [2.45, 2.75) is 44.9 Å². The van der Waals surface area contributed by atoms with Gasteiger partial charge in [-0.25, -0.2) is 0 Å². The van der Waals surface area contributed by atoms with Crippen molar-refractivity contribution in [2.75, 3.05) is 40.5 Å². The molecule has 0 aliphatic carbocycles. The first-order valence-corrected chi connectivity index (χ1v) is 6.74. The lowest BCUT2D eigenvalue weighted by Gasteiger charge is -2.41. The summed E-state index contributed by atoms with van der Waals surface area (Å²) in [5.74, 6) is 0. The quantitative estimate of drug-likeness (QED) is 0.727. The van der Waals surface area contributed by atoms with E-state index in [0.29, 0.717) is 18.7 Å². The fraction of sp³-hybridized carbons (Fsp3) is 1.00. The lowest BCUT2D eigenvalue weighted by molar-refractivity contribution is -0.0114. The second-order valence-electron chi connectivity index (χ2n) is 4.84. The molecule has 17 heavy (non-hydrogen) atoms. The molecule has 0 amide bonds. The Kier molecular flexibility index (Phi) is 7.04. The van der Waals surface area contributed by atoms with Crippen molar-refractivity contribution in [3.63, 3.8) is 0 Å². The fourth-order valence-electron chi connectivity index (χ4n) is 2.47. The van der Waals surface area contributed by atoms with Gasteiger partial charge < -0.3 is 14.8 Å². The Bertz CT molecular complexity index is 202. The Labute approximate surface area is 106 Å². The highest BCUT2D eigenvalue weighted by Gasteiger charge is 2.27. The lowest BCUT2D eigenvalue weighted by Crippen LogP contribution is -2.58. The van der Waals surface area contributed by atoms with Crippen LogP contribution in [0.25, 0.3) is 0 Å². The predicted molar refractivity (Wildman–Crippen MR) is 70.4 cm³/mol. The van der Waals surface area contributed by atoms with Crippen molar-refractivity contribution in [3.05, 3.63) is 0 Å². The summed E-state index contributed by atoms with van der Waals surface area (Å²) in [7, 11) is 3.50. The second-order valence-corrected chi connectivity index (χ2v) is 4.84. The number of methoxy groups -OCH3 is 2. The van der Waals surface area contributed by atoms with Gasteiger partial charge in [0.1, 0.15) is 0 Å². The Morgan fingerprint density at radius 1 is 1.29 bits per heavy atom. The molecule has 0 aromatic heterocycles. The van der Waals surface area contributed by atoms with Crippen LogP contribution in [-0.2, 0) is 9.47 Å². The van der Waals surface area contributed by atoms with Crippen LogP contribution in [-0.4, -0.2) is 63.5 Å².